The molecule has 0 saturated carbocycles. The summed E-state index contributed by atoms with van der Waals surface area (Å²) < 4.78 is 21.9. The third kappa shape index (κ3) is 5.19. The van der Waals surface area contributed by atoms with Crippen LogP contribution in [0.5, 0.6) is 0 Å². The van der Waals surface area contributed by atoms with E-state index < -0.39 is 0 Å². The molecule has 4 rings (SSSR count). The van der Waals surface area contributed by atoms with Crippen LogP contribution in [0.4, 0.5) is 4.39 Å². The van der Waals surface area contributed by atoms with Gasteiger partial charge in [0.2, 0.25) is 0 Å². The molecule has 0 aliphatic carbocycles. The van der Waals surface area contributed by atoms with Crippen LogP contribution in [0.1, 0.15) is 53.3 Å². The summed E-state index contributed by atoms with van der Waals surface area (Å²) >= 11 is 1.54. The number of aromatic nitrogens is 2. The maximum atomic E-state index is 14.8. The molecule has 2 aromatic heterocycles. The van der Waals surface area contributed by atoms with Crippen molar-refractivity contribution in [2.24, 2.45) is 0 Å². The topological polar surface area (TPSA) is 38.2 Å². The number of hydrogen-bond acceptors (Lipinski definition) is 5. The molecule has 2 atom stereocenters. The van der Waals surface area contributed by atoms with Crippen LogP contribution in [-0.4, -0.2) is 34.1 Å². The van der Waals surface area contributed by atoms with Crippen LogP contribution in [0, 0.1) is 26.6 Å². The van der Waals surface area contributed by atoms with Crippen molar-refractivity contribution in [1.82, 2.24) is 14.9 Å². The number of piperidine rings is 1. The number of pyridine rings is 1. The van der Waals surface area contributed by atoms with E-state index in [1.807, 2.05) is 26.8 Å². The summed E-state index contributed by atoms with van der Waals surface area (Å²) in [4.78, 5) is 11.3. The predicted molar refractivity (Wildman–Crippen MR) is 126 cm³/mol. The van der Waals surface area contributed by atoms with Gasteiger partial charge in [-0.3, -0.25) is 9.88 Å². The van der Waals surface area contributed by atoms with Crippen LogP contribution < -0.4 is 0 Å². The molecule has 0 N–H and O–H groups in total. The average Bonchev–Trinajstić information content (AvgIpc) is 3.03. The molecular formula is C23H30FN3OS2. The molecule has 7 heteroatoms. The Morgan fingerprint density at radius 2 is 1.90 bits per heavy atom. The molecule has 0 bridgehead atoms. The van der Waals surface area contributed by atoms with Gasteiger partial charge in [0.1, 0.15) is 5.82 Å². The highest BCUT2D eigenvalue weighted by Gasteiger charge is 2.27. The lowest BCUT2D eigenvalue weighted by molar-refractivity contribution is -0.0202. The van der Waals surface area contributed by atoms with Gasteiger partial charge in [-0.1, -0.05) is 0 Å². The number of thiazole rings is 1. The first-order valence-corrected chi connectivity index (χ1v) is 11.1. The summed E-state index contributed by atoms with van der Waals surface area (Å²) in [6.45, 7) is 10.4. The summed E-state index contributed by atoms with van der Waals surface area (Å²) in [5.74, 6) is -0.139. The number of rotatable bonds is 5. The summed E-state index contributed by atoms with van der Waals surface area (Å²) in [6.07, 6.45) is 2.26. The molecule has 3 heterocycles. The van der Waals surface area contributed by atoms with Gasteiger partial charge in [-0.15, -0.1) is 11.3 Å². The lowest BCUT2D eigenvalue weighted by atomic mass is 10.0. The van der Waals surface area contributed by atoms with Gasteiger partial charge in [0.25, 0.3) is 0 Å². The minimum absolute atomic E-state index is 0. The Morgan fingerprint density at radius 3 is 2.63 bits per heavy atom. The molecule has 0 spiro atoms. The van der Waals surface area contributed by atoms with E-state index in [0.717, 1.165) is 63.7 Å². The third-order valence-corrected chi connectivity index (χ3v) is 6.58. The number of halogens is 1. The van der Waals surface area contributed by atoms with E-state index >= 15 is 0 Å². The van der Waals surface area contributed by atoms with E-state index in [-0.39, 0.29) is 31.5 Å². The van der Waals surface area contributed by atoms with Crippen LogP contribution in [-0.2, 0) is 11.3 Å². The fraction of sp³-hybridized carbons (Fsp3) is 0.478. The largest absolute Gasteiger partial charge is 0.372 e. The van der Waals surface area contributed by atoms with Crippen molar-refractivity contribution in [1.29, 1.82) is 0 Å². The van der Waals surface area contributed by atoms with Crippen molar-refractivity contribution in [3.05, 3.63) is 57.6 Å². The zero-order valence-electron chi connectivity index (χ0n) is 18.0. The van der Waals surface area contributed by atoms with E-state index in [4.69, 9.17) is 4.74 Å². The van der Waals surface area contributed by atoms with Gasteiger partial charge in [-0.2, -0.15) is 13.5 Å². The van der Waals surface area contributed by atoms with Gasteiger partial charge in [0.05, 0.1) is 27.9 Å². The van der Waals surface area contributed by atoms with Crippen molar-refractivity contribution in [2.45, 2.75) is 59.3 Å². The molecule has 1 aromatic carbocycles. The van der Waals surface area contributed by atoms with Crippen LogP contribution in [0.25, 0.3) is 10.2 Å². The highest BCUT2D eigenvalue weighted by molar-refractivity contribution is 7.59. The first-order chi connectivity index (χ1) is 13.9. The maximum absolute atomic E-state index is 14.8. The SMILES string of the molecule is Cc1cc(CO[C@H]2CCCN([C@H](C)c3cc4nc(C)sc4cc3F)C2)cc(C)n1.S. The van der Waals surface area contributed by atoms with Gasteiger partial charge in [-0.05, 0) is 76.9 Å². The molecule has 0 radical (unpaired) electrons. The van der Waals surface area contributed by atoms with Crippen LogP contribution in [0.2, 0.25) is 0 Å². The van der Waals surface area contributed by atoms with Crippen molar-refractivity contribution in [3.63, 3.8) is 0 Å². The molecule has 0 unspecified atom stereocenters. The summed E-state index contributed by atoms with van der Waals surface area (Å²) in [7, 11) is 0. The van der Waals surface area contributed by atoms with Gasteiger partial charge < -0.3 is 4.74 Å². The number of nitrogens with zero attached hydrogens (tertiary/aromatic N) is 3. The van der Waals surface area contributed by atoms with Gasteiger partial charge in [-0.25, -0.2) is 9.37 Å². The average molecular weight is 448 g/mol. The van der Waals surface area contributed by atoms with Crippen molar-refractivity contribution >= 4 is 35.0 Å². The summed E-state index contributed by atoms with van der Waals surface area (Å²) in [6, 6.07) is 7.72. The number of ether oxygens (including phenoxy) is 1. The van der Waals surface area contributed by atoms with E-state index in [9.17, 15) is 4.39 Å². The Morgan fingerprint density at radius 1 is 1.17 bits per heavy atom. The first kappa shape index (κ1) is 23.1. The molecule has 30 heavy (non-hydrogen) atoms. The number of aryl methyl sites for hydroxylation is 3. The Hall–Kier alpha value is -1.54. The van der Waals surface area contributed by atoms with E-state index in [1.165, 1.54) is 11.3 Å². The normalized spacial score (nSPS) is 18.4. The second-order valence-corrected chi connectivity index (χ2v) is 9.31. The maximum Gasteiger partial charge on any atom is 0.129 e. The van der Waals surface area contributed by atoms with Crippen LogP contribution >= 0.6 is 24.8 Å². The van der Waals surface area contributed by atoms with Crippen molar-refractivity contribution in [2.75, 3.05) is 13.1 Å². The first-order valence-electron chi connectivity index (χ1n) is 10.3. The van der Waals surface area contributed by atoms with Gasteiger partial charge in [0.15, 0.2) is 0 Å². The van der Waals surface area contributed by atoms with Gasteiger partial charge >= 0.3 is 0 Å². The summed E-state index contributed by atoms with van der Waals surface area (Å²) in [5.41, 5.74) is 4.82. The fourth-order valence-electron chi connectivity index (χ4n) is 4.27. The molecule has 1 fully saturated rings. The minimum atomic E-state index is -0.139. The Bertz CT molecular complexity index is 1000. The standard InChI is InChI=1S/C23H28FN3OS.H2S/c1-14-8-18(9-15(2)25-14)13-28-19-6-5-7-27(12-19)16(3)20-10-22-23(11-21(20)24)29-17(4)26-22;/h8-11,16,19H,5-7,12-13H2,1-4H3;1H2/t16-,19+;/m1./s1. The van der Waals surface area contributed by atoms with Crippen LogP contribution in [0.15, 0.2) is 24.3 Å². The molecule has 0 amide bonds. The lowest BCUT2D eigenvalue weighted by Gasteiger charge is -2.37. The van der Waals surface area contributed by atoms with E-state index in [0.29, 0.717) is 6.61 Å². The lowest BCUT2D eigenvalue weighted by Crippen LogP contribution is -2.41. The molecule has 3 aromatic rings. The smallest absolute Gasteiger partial charge is 0.129 e. The van der Waals surface area contributed by atoms with Crippen molar-refractivity contribution in [3.8, 4) is 0 Å². The molecule has 1 aliphatic heterocycles. The fourth-order valence-corrected chi connectivity index (χ4v) is 5.10. The molecule has 1 aliphatic rings. The van der Waals surface area contributed by atoms with E-state index in [1.54, 1.807) is 6.07 Å². The van der Waals surface area contributed by atoms with Crippen LogP contribution in [0.3, 0.4) is 0 Å². The monoisotopic (exact) mass is 447 g/mol. The zero-order chi connectivity index (χ0) is 20.5. The molecule has 4 nitrogen and oxygen atoms in total. The zero-order valence-corrected chi connectivity index (χ0v) is 19.9. The molecule has 162 valence electrons. The molecular weight excluding hydrogens is 417 g/mol. The number of fused-ring (bicyclic) bond motifs is 1. The summed E-state index contributed by atoms with van der Waals surface area (Å²) in [5, 5.41) is 0.970. The highest BCUT2D eigenvalue weighted by Crippen LogP contribution is 2.32. The second kappa shape index (κ2) is 9.73. The molecule has 1 saturated heterocycles. The Balaban J connectivity index is 0.00000256. The number of likely N-dealkylation sites (tertiary alicyclic amines) is 1. The Labute approximate surface area is 188 Å². The second-order valence-electron chi connectivity index (χ2n) is 8.08. The van der Waals surface area contributed by atoms with E-state index in [2.05, 4.69) is 33.9 Å². The van der Waals surface area contributed by atoms with Gasteiger partial charge in [0, 0.05) is 29.5 Å². The number of hydrogen-bond donors (Lipinski definition) is 0. The quantitative estimate of drug-likeness (QED) is 0.509. The third-order valence-electron chi connectivity index (χ3n) is 5.65. The Kier molecular flexibility index (Phi) is 7.50. The minimum Gasteiger partial charge on any atom is -0.372 e. The van der Waals surface area contributed by atoms with Crippen molar-refractivity contribution < 1.29 is 9.13 Å². The number of benzene rings is 1. The predicted octanol–water partition coefficient (Wildman–Crippen LogP) is 5.61. The highest BCUT2D eigenvalue weighted by atomic mass is 32.1.